The maximum Gasteiger partial charge on any atom is 0.274 e. The Kier molecular flexibility index (Phi) is 7.76. The molecule has 0 spiro atoms. The first-order valence-electron chi connectivity index (χ1n) is 9.76. The molecule has 1 fully saturated rings. The number of anilines is 3. The van der Waals surface area contributed by atoms with Gasteiger partial charge in [-0.2, -0.15) is 0 Å². The molecule has 2 aromatic heterocycles. The summed E-state index contributed by atoms with van der Waals surface area (Å²) in [6.07, 6.45) is 6.14. The summed E-state index contributed by atoms with van der Waals surface area (Å²) in [7, 11) is 3.20. The number of amides is 1. The van der Waals surface area contributed by atoms with Crippen LogP contribution < -0.4 is 27.2 Å². The molecule has 9 heteroatoms. The molecule has 0 unspecified atom stereocenters. The van der Waals surface area contributed by atoms with E-state index in [4.69, 9.17) is 5.73 Å². The van der Waals surface area contributed by atoms with Gasteiger partial charge in [0, 0.05) is 38.6 Å². The van der Waals surface area contributed by atoms with E-state index in [0.717, 1.165) is 25.5 Å². The highest BCUT2D eigenvalue weighted by Crippen LogP contribution is 2.30. The molecule has 1 saturated carbocycles. The zero-order valence-electron chi connectivity index (χ0n) is 17.3. The highest BCUT2D eigenvalue weighted by Gasteiger charge is 2.21. The fourth-order valence-electron chi connectivity index (χ4n) is 2.84. The van der Waals surface area contributed by atoms with E-state index in [0.29, 0.717) is 17.3 Å². The lowest BCUT2D eigenvalue weighted by atomic mass is 9.93. The average Bonchev–Trinajstić information content (AvgIpc) is 2.71. The molecule has 0 saturated heterocycles. The number of likely N-dealkylation sites (N-methyl/N-ethyl adjacent to an activating group) is 1. The first kappa shape index (κ1) is 21.9. The standard InChI is InChI=1S/C18H23N7O2.C2H6/c1-20-14-9-15(24-16(23-14)12(10-19)17(26)21-2)22-13-7-4-8-25(18(13)27)11-5-3-6-11;1-2/h4,7-11H,3,5-6,19H2,1-2H3,(H,21,26)(H2,20,22,23,24);1-2H3/b12-10+;. The molecule has 3 rings (SSSR count). The summed E-state index contributed by atoms with van der Waals surface area (Å²) in [6.45, 7) is 4.00. The molecule has 9 nitrogen and oxygen atoms in total. The molecule has 0 radical (unpaired) electrons. The van der Waals surface area contributed by atoms with Crippen LogP contribution in [0.3, 0.4) is 0 Å². The van der Waals surface area contributed by atoms with E-state index in [9.17, 15) is 9.59 Å². The predicted octanol–water partition coefficient (Wildman–Crippen LogP) is 2.22. The average molecular weight is 399 g/mol. The van der Waals surface area contributed by atoms with Crippen LogP contribution in [0.1, 0.15) is 45.0 Å². The summed E-state index contributed by atoms with van der Waals surface area (Å²) in [5, 5.41) is 8.46. The number of aromatic nitrogens is 3. The van der Waals surface area contributed by atoms with Crippen LogP contribution in [-0.2, 0) is 4.79 Å². The number of nitrogens with one attached hydrogen (secondary N) is 3. The smallest absolute Gasteiger partial charge is 0.274 e. The van der Waals surface area contributed by atoms with E-state index in [1.54, 1.807) is 23.7 Å². The van der Waals surface area contributed by atoms with Crippen molar-refractivity contribution in [2.24, 2.45) is 5.73 Å². The summed E-state index contributed by atoms with van der Waals surface area (Å²) in [4.78, 5) is 33.3. The molecule has 29 heavy (non-hydrogen) atoms. The van der Waals surface area contributed by atoms with Crippen molar-refractivity contribution in [2.75, 3.05) is 24.7 Å². The van der Waals surface area contributed by atoms with Crippen LogP contribution in [0, 0.1) is 0 Å². The van der Waals surface area contributed by atoms with E-state index >= 15 is 0 Å². The Bertz CT molecular complexity index is 933. The van der Waals surface area contributed by atoms with E-state index in [2.05, 4.69) is 25.9 Å². The van der Waals surface area contributed by atoms with Gasteiger partial charge in [-0.3, -0.25) is 9.59 Å². The number of nitrogens with two attached hydrogens (primary N) is 1. The normalized spacial score (nSPS) is 13.6. The molecule has 1 aliphatic rings. The van der Waals surface area contributed by atoms with Crippen molar-refractivity contribution >= 4 is 28.8 Å². The second-order valence-electron chi connectivity index (χ2n) is 6.22. The number of rotatable bonds is 6. The zero-order valence-corrected chi connectivity index (χ0v) is 17.3. The number of hydrogen-bond donors (Lipinski definition) is 4. The van der Waals surface area contributed by atoms with Gasteiger partial charge in [0.2, 0.25) is 0 Å². The van der Waals surface area contributed by atoms with Gasteiger partial charge in [0.15, 0.2) is 5.82 Å². The van der Waals surface area contributed by atoms with Gasteiger partial charge in [0.25, 0.3) is 11.5 Å². The van der Waals surface area contributed by atoms with Gasteiger partial charge >= 0.3 is 0 Å². The van der Waals surface area contributed by atoms with Gasteiger partial charge in [0.05, 0.1) is 5.57 Å². The summed E-state index contributed by atoms with van der Waals surface area (Å²) in [5.74, 6) is 0.627. The third-order valence-corrected chi connectivity index (χ3v) is 4.57. The first-order chi connectivity index (χ1) is 14.1. The van der Waals surface area contributed by atoms with Gasteiger partial charge in [-0.1, -0.05) is 13.8 Å². The largest absolute Gasteiger partial charge is 0.404 e. The molecule has 1 amide bonds. The van der Waals surface area contributed by atoms with Crippen molar-refractivity contribution in [3.63, 3.8) is 0 Å². The molecule has 0 aromatic carbocycles. The van der Waals surface area contributed by atoms with Gasteiger partial charge in [-0.15, -0.1) is 0 Å². The van der Waals surface area contributed by atoms with Crippen molar-refractivity contribution in [1.29, 1.82) is 0 Å². The second-order valence-corrected chi connectivity index (χ2v) is 6.22. The SMILES string of the molecule is CC.CNC(=O)/C(=C/N)c1nc(NC)cc(Nc2cccn(C3CCC3)c2=O)n1. The second kappa shape index (κ2) is 10.3. The van der Waals surface area contributed by atoms with E-state index in [1.165, 1.54) is 7.05 Å². The van der Waals surface area contributed by atoms with Crippen LogP contribution in [0.4, 0.5) is 17.3 Å². The number of carbonyl (C=O) groups excluding carboxylic acids is 1. The summed E-state index contributed by atoms with van der Waals surface area (Å²) < 4.78 is 1.75. The number of carbonyl (C=O) groups is 1. The van der Waals surface area contributed by atoms with Gasteiger partial charge in [-0.25, -0.2) is 9.97 Å². The van der Waals surface area contributed by atoms with Crippen molar-refractivity contribution < 1.29 is 4.79 Å². The first-order valence-corrected chi connectivity index (χ1v) is 9.76. The minimum Gasteiger partial charge on any atom is -0.404 e. The van der Waals surface area contributed by atoms with Crippen LogP contribution >= 0.6 is 0 Å². The Balaban J connectivity index is 0.00000145. The topological polar surface area (TPSA) is 127 Å². The maximum absolute atomic E-state index is 12.7. The molecule has 0 atom stereocenters. The molecule has 156 valence electrons. The van der Waals surface area contributed by atoms with Crippen molar-refractivity contribution in [1.82, 2.24) is 19.9 Å². The van der Waals surface area contributed by atoms with Crippen molar-refractivity contribution in [2.45, 2.75) is 39.2 Å². The lowest BCUT2D eigenvalue weighted by Gasteiger charge is -2.27. The highest BCUT2D eigenvalue weighted by molar-refractivity contribution is 6.18. The van der Waals surface area contributed by atoms with Crippen LogP contribution in [0.25, 0.3) is 5.57 Å². The van der Waals surface area contributed by atoms with E-state index in [-0.39, 0.29) is 23.0 Å². The minimum absolute atomic E-state index is 0.103. The summed E-state index contributed by atoms with van der Waals surface area (Å²) >= 11 is 0. The minimum atomic E-state index is -0.399. The Morgan fingerprint density at radius 1 is 1.24 bits per heavy atom. The molecule has 2 aromatic rings. The van der Waals surface area contributed by atoms with E-state index in [1.807, 2.05) is 26.1 Å². The third kappa shape index (κ3) is 4.92. The Morgan fingerprint density at radius 2 is 1.93 bits per heavy atom. The molecule has 5 N–H and O–H groups in total. The number of pyridine rings is 1. The Hall–Kier alpha value is -3.36. The van der Waals surface area contributed by atoms with Gasteiger partial charge in [-0.05, 0) is 31.4 Å². The molecule has 0 bridgehead atoms. The van der Waals surface area contributed by atoms with Gasteiger partial charge < -0.3 is 26.3 Å². The molecule has 2 heterocycles. The van der Waals surface area contributed by atoms with Crippen LogP contribution in [-0.4, -0.2) is 34.5 Å². The predicted molar refractivity (Wildman–Crippen MR) is 116 cm³/mol. The lowest BCUT2D eigenvalue weighted by Crippen LogP contribution is -2.29. The number of nitrogens with zero attached hydrogens (tertiary/aromatic N) is 3. The summed E-state index contributed by atoms with van der Waals surface area (Å²) in [5.41, 5.74) is 6.02. The Labute approximate surface area is 170 Å². The summed E-state index contributed by atoms with van der Waals surface area (Å²) in [6, 6.07) is 5.45. The Morgan fingerprint density at radius 3 is 2.48 bits per heavy atom. The fraction of sp³-hybridized carbons (Fsp3) is 0.400. The van der Waals surface area contributed by atoms with Crippen molar-refractivity contribution in [3.8, 4) is 0 Å². The van der Waals surface area contributed by atoms with Gasteiger partial charge in [0.1, 0.15) is 17.3 Å². The monoisotopic (exact) mass is 399 g/mol. The quantitative estimate of drug-likeness (QED) is 0.549. The van der Waals surface area contributed by atoms with Crippen LogP contribution in [0.5, 0.6) is 0 Å². The third-order valence-electron chi connectivity index (χ3n) is 4.57. The number of hydrogen-bond acceptors (Lipinski definition) is 7. The highest BCUT2D eigenvalue weighted by atomic mass is 16.1. The fourth-order valence-corrected chi connectivity index (χ4v) is 2.84. The van der Waals surface area contributed by atoms with Crippen LogP contribution in [0.2, 0.25) is 0 Å². The van der Waals surface area contributed by atoms with Crippen LogP contribution in [0.15, 0.2) is 35.4 Å². The molecular formula is C20H29N7O2. The van der Waals surface area contributed by atoms with Crippen molar-refractivity contribution in [3.05, 3.63) is 46.8 Å². The maximum atomic E-state index is 12.7. The zero-order chi connectivity index (χ0) is 21.4. The molecule has 0 aliphatic heterocycles. The van der Waals surface area contributed by atoms with E-state index < -0.39 is 5.91 Å². The molecule has 1 aliphatic carbocycles. The lowest BCUT2D eigenvalue weighted by molar-refractivity contribution is -0.115. The molecular weight excluding hydrogens is 370 g/mol.